The highest BCUT2D eigenvalue weighted by molar-refractivity contribution is 6.30. The summed E-state index contributed by atoms with van der Waals surface area (Å²) in [5.41, 5.74) is 1.50. The standard InChI is InChI=1S/C14H10ClN3O2/c15-9-5-10(7-16-6-9)19-12-4-3-11-13(8-1-2-8)18-20-14(11)17-12/h3-8H,1-2H2. The van der Waals surface area contributed by atoms with Crippen molar-refractivity contribution >= 4 is 22.7 Å². The minimum absolute atomic E-state index is 0.431. The first-order valence-corrected chi connectivity index (χ1v) is 6.72. The van der Waals surface area contributed by atoms with Crippen molar-refractivity contribution in [3.05, 3.63) is 41.3 Å². The van der Waals surface area contributed by atoms with Crippen molar-refractivity contribution in [1.82, 2.24) is 15.1 Å². The lowest BCUT2D eigenvalue weighted by atomic mass is 10.2. The molecule has 4 rings (SSSR count). The molecule has 0 spiro atoms. The van der Waals surface area contributed by atoms with Gasteiger partial charge in [0.1, 0.15) is 5.75 Å². The van der Waals surface area contributed by atoms with Crippen LogP contribution in [0.4, 0.5) is 0 Å². The molecule has 0 amide bonds. The van der Waals surface area contributed by atoms with Crippen LogP contribution in [0.25, 0.3) is 11.1 Å². The second kappa shape index (κ2) is 4.45. The largest absolute Gasteiger partial charge is 0.437 e. The fourth-order valence-corrected chi connectivity index (χ4v) is 2.27. The second-order valence-corrected chi connectivity index (χ2v) is 5.22. The Hall–Kier alpha value is -2.14. The lowest BCUT2D eigenvalue weighted by Gasteiger charge is -2.03. The molecular weight excluding hydrogens is 278 g/mol. The van der Waals surface area contributed by atoms with Gasteiger partial charge in [-0.1, -0.05) is 16.8 Å². The van der Waals surface area contributed by atoms with Crippen molar-refractivity contribution in [2.45, 2.75) is 18.8 Å². The Labute approximate surface area is 119 Å². The normalized spacial score (nSPS) is 14.7. The summed E-state index contributed by atoms with van der Waals surface area (Å²) in [4.78, 5) is 8.27. The fraction of sp³-hybridized carbons (Fsp3) is 0.214. The van der Waals surface area contributed by atoms with Crippen molar-refractivity contribution in [2.75, 3.05) is 0 Å². The molecule has 20 heavy (non-hydrogen) atoms. The van der Waals surface area contributed by atoms with Crippen molar-refractivity contribution in [3.8, 4) is 11.6 Å². The van der Waals surface area contributed by atoms with Gasteiger partial charge in [-0.05, 0) is 18.9 Å². The van der Waals surface area contributed by atoms with Crippen LogP contribution in [-0.4, -0.2) is 15.1 Å². The highest BCUT2D eigenvalue weighted by Gasteiger charge is 2.29. The predicted octanol–water partition coefficient (Wildman–Crippen LogP) is 3.94. The van der Waals surface area contributed by atoms with Gasteiger partial charge in [-0.25, -0.2) is 0 Å². The van der Waals surface area contributed by atoms with Gasteiger partial charge in [0.15, 0.2) is 0 Å². The summed E-state index contributed by atoms with van der Waals surface area (Å²) in [5, 5.41) is 5.57. The van der Waals surface area contributed by atoms with E-state index in [-0.39, 0.29) is 0 Å². The minimum atomic E-state index is 0.431. The van der Waals surface area contributed by atoms with E-state index in [1.807, 2.05) is 6.07 Å². The van der Waals surface area contributed by atoms with Crippen LogP contribution in [0.3, 0.4) is 0 Å². The van der Waals surface area contributed by atoms with E-state index in [4.69, 9.17) is 20.9 Å². The Morgan fingerprint density at radius 1 is 1.25 bits per heavy atom. The van der Waals surface area contributed by atoms with E-state index in [2.05, 4.69) is 15.1 Å². The number of nitrogens with zero attached hydrogens (tertiary/aromatic N) is 3. The third-order valence-corrected chi connectivity index (χ3v) is 3.41. The quantitative estimate of drug-likeness (QED) is 0.730. The molecule has 0 unspecified atom stereocenters. The van der Waals surface area contributed by atoms with Gasteiger partial charge in [0.25, 0.3) is 5.71 Å². The van der Waals surface area contributed by atoms with Crippen molar-refractivity contribution in [2.24, 2.45) is 0 Å². The van der Waals surface area contributed by atoms with Crippen LogP contribution in [0.1, 0.15) is 24.5 Å². The number of ether oxygens (including phenoxy) is 1. The molecule has 3 aromatic rings. The first-order valence-electron chi connectivity index (χ1n) is 6.34. The summed E-state index contributed by atoms with van der Waals surface area (Å²) in [6.07, 6.45) is 5.47. The van der Waals surface area contributed by atoms with Crippen LogP contribution >= 0.6 is 11.6 Å². The van der Waals surface area contributed by atoms with Crippen LogP contribution in [0.2, 0.25) is 5.02 Å². The number of aromatic nitrogens is 3. The zero-order valence-corrected chi connectivity index (χ0v) is 11.2. The Balaban J connectivity index is 1.67. The molecule has 100 valence electrons. The molecule has 0 atom stereocenters. The van der Waals surface area contributed by atoms with Gasteiger partial charge in [0.05, 0.1) is 22.3 Å². The molecule has 0 bridgehead atoms. The first-order chi connectivity index (χ1) is 9.79. The van der Waals surface area contributed by atoms with Crippen molar-refractivity contribution in [1.29, 1.82) is 0 Å². The molecule has 0 saturated heterocycles. The molecule has 5 nitrogen and oxygen atoms in total. The molecular formula is C14H10ClN3O2. The monoisotopic (exact) mass is 287 g/mol. The van der Waals surface area contributed by atoms with Crippen LogP contribution in [0.5, 0.6) is 11.6 Å². The Morgan fingerprint density at radius 2 is 2.15 bits per heavy atom. The zero-order chi connectivity index (χ0) is 13.5. The topological polar surface area (TPSA) is 61.0 Å². The SMILES string of the molecule is Clc1cncc(Oc2ccc3c(C4CC4)noc3n2)c1. The number of hydrogen-bond donors (Lipinski definition) is 0. The van der Waals surface area contributed by atoms with Crippen LogP contribution in [-0.2, 0) is 0 Å². The highest BCUT2D eigenvalue weighted by Crippen LogP contribution is 2.42. The number of hydrogen-bond acceptors (Lipinski definition) is 5. The number of rotatable bonds is 3. The zero-order valence-electron chi connectivity index (χ0n) is 10.4. The summed E-state index contributed by atoms with van der Waals surface area (Å²) in [7, 11) is 0. The summed E-state index contributed by atoms with van der Waals surface area (Å²) in [5.74, 6) is 1.49. The summed E-state index contributed by atoms with van der Waals surface area (Å²) in [6, 6.07) is 5.41. The molecule has 1 fully saturated rings. The van der Waals surface area contributed by atoms with Gasteiger partial charge in [-0.2, -0.15) is 4.98 Å². The number of pyridine rings is 2. The molecule has 1 saturated carbocycles. The molecule has 0 aliphatic heterocycles. The molecule has 3 heterocycles. The van der Waals surface area contributed by atoms with E-state index >= 15 is 0 Å². The molecule has 0 aromatic carbocycles. The van der Waals surface area contributed by atoms with E-state index in [1.54, 1.807) is 24.5 Å². The number of fused-ring (bicyclic) bond motifs is 1. The summed E-state index contributed by atoms with van der Waals surface area (Å²) < 4.78 is 10.9. The fourth-order valence-electron chi connectivity index (χ4n) is 2.11. The third-order valence-electron chi connectivity index (χ3n) is 3.21. The Bertz CT molecular complexity index is 783. The Kier molecular flexibility index (Phi) is 2.60. The smallest absolute Gasteiger partial charge is 0.261 e. The van der Waals surface area contributed by atoms with Gasteiger partial charge in [-0.15, -0.1) is 0 Å². The van der Waals surface area contributed by atoms with E-state index in [0.29, 0.717) is 28.3 Å². The first kappa shape index (κ1) is 11.7. The van der Waals surface area contributed by atoms with Crippen LogP contribution < -0.4 is 4.74 Å². The van der Waals surface area contributed by atoms with Crippen LogP contribution in [0.15, 0.2) is 35.1 Å². The lowest BCUT2D eigenvalue weighted by molar-refractivity contribution is 0.425. The third kappa shape index (κ3) is 2.10. The van der Waals surface area contributed by atoms with E-state index in [1.165, 1.54) is 12.8 Å². The average Bonchev–Trinajstić information content (AvgIpc) is 3.19. The van der Waals surface area contributed by atoms with Gasteiger partial charge < -0.3 is 9.26 Å². The maximum Gasteiger partial charge on any atom is 0.261 e. The molecule has 3 aromatic heterocycles. The Morgan fingerprint density at radius 3 is 2.95 bits per heavy atom. The summed E-state index contributed by atoms with van der Waals surface area (Å²) >= 11 is 5.86. The molecule has 1 aliphatic carbocycles. The molecule has 6 heteroatoms. The minimum Gasteiger partial charge on any atom is -0.437 e. The summed E-state index contributed by atoms with van der Waals surface area (Å²) in [6.45, 7) is 0. The highest BCUT2D eigenvalue weighted by atomic mass is 35.5. The number of halogens is 1. The average molecular weight is 288 g/mol. The van der Waals surface area contributed by atoms with Gasteiger partial charge in [-0.3, -0.25) is 4.98 Å². The van der Waals surface area contributed by atoms with Gasteiger partial charge in [0.2, 0.25) is 5.88 Å². The predicted molar refractivity (Wildman–Crippen MR) is 73.1 cm³/mol. The van der Waals surface area contributed by atoms with Crippen molar-refractivity contribution in [3.63, 3.8) is 0 Å². The second-order valence-electron chi connectivity index (χ2n) is 4.79. The van der Waals surface area contributed by atoms with Crippen molar-refractivity contribution < 1.29 is 9.26 Å². The molecule has 0 radical (unpaired) electrons. The van der Waals surface area contributed by atoms with E-state index < -0.39 is 0 Å². The molecule has 1 aliphatic rings. The molecule has 0 N–H and O–H groups in total. The maximum atomic E-state index is 5.86. The van der Waals surface area contributed by atoms with Gasteiger partial charge in [0, 0.05) is 24.2 Å². The van der Waals surface area contributed by atoms with E-state index in [0.717, 1.165) is 11.1 Å². The van der Waals surface area contributed by atoms with E-state index in [9.17, 15) is 0 Å². The van der Waals surface area contributed by atoms with Crippen LogP contribution in [0, 0.1) is 0 Å². The lowest BCUT2D eigenvalue weighted by Crippen LogP contribution is -1.88. The maximum absolute atomic E-state index is 5.86. The van der Waals surface area contributed by atoms with Gasteiger partial charge >= 0.3 is 0 Å².